The zero-order chi connectivity index (χ0) is 14.0. The number of piperazine rings is 1. The summed E-state index contributed by atoms with van der Waals surface area (Å²) in [5.74, 6) is 0. The number of para-hydroxylation sites is 1. The number of hydrogen-bond donors (Lipinski definition) is 1. The van der Waals surface area contributed by atoms with Gasteiger partial charge >= 0.3 is 0 Å². The molecule has 1 aromatic carbocycles. The van der Waals surface area contributed by atoms with E-state index in [9.17, 15) is 8.42 Å². The zero-order valence-electron chi connectivity index (χ0n) is 11.1. The van der Waals surface area contributed by atoms with Crippen LogP contribution in [0.4, 0.5) is 5.69 Å². The van der Waals surface area contributed by atoms with Crippen LogP contribution >= 0.6 is 11.6 Å². The molecule has 1 aliphatic rings. The molecule has 2 rings (SSSR count). The molecule has 106 valence electrons. The number of rotatable bonds is 3. The molecule has 0 atom stereocenters. The number of benzene rings is 1. The Hall–Kier alpha value is -0.820. The van der Waals surface area contributed by atoms with Crippen LogP contribution in [0.25, 0.3) is 0 Å². The Balaban J connectivity index is 2.13. The van der Waals surface area contributed by atoms with E-state index >= 15 is 0 Å². The number of anilines is 1. The van der Waals surface area contributed by atoms with Crippen molar-refractivity contribution in [3.8, 4) is 0 Å². The molecule has 0 amide bonds. The summed E-state index contributed by atoms with van der Waals surface area (Å²) in [5.41, 5.74) is 2.11. The molecule has 0 aliphatic carbocycles. The van der Waals surface area contributed by atoms with E-state index in [2.05, 4.69) is 9.62 Å². The second-order valence-corrected chi connectivity index (χ2v) is 6.78. The van der Waals surface area contributed by atoms with Gasteiger partial charge in [-0.3, -0.25) is 0 Å². The van der Waals surface area contributed by atoms with Gasteiger partial charge in [0.05, 0.1) is 10.7 Å². The molecule has 1 heterocycles. The van der Waals surface area contributed by atoms with Crippen LogP contribution < -0.4 is 9.62 Å². The molecule has 5 nitrogen and oxygen atoms in total. The second kappa shape index (κ2) is 5.66. The molecule has 1 fully saturated rings. The quantitative estimate of drug-likeness (QED) is 0.914. The first kappa shape index (κ1) is 14.6. The Morgan fingerprint density at radius 1 is 1.21 bits per heavy atom. The molecule has 1 N–H and O–H groups in total. The molecule has 0 bridgehead atoms. The maximum Gasteiger partial charge on any atom is 0.279 e. The summed E-state index contributed by atoms with van der Waals surface area (Å²) in [6.45, 7) is 4.23. The summed E-state index contributed by atoms with van der Waals surface area (Å²) < 4.78 is 27.2. The third-order valence-corrected chi connectivity index (χ3v) is 5.21. The van der Waals surface area contributed by atoms with Crippen LogP contribution in [0.1, 0.15) is 5.56 Å². The molecule has 0 radical (unpaired) electrons. The van der Waals surface area contributed by atoms with Crippen LogP contribution in [-0.4, -0.2) is 45.9 Å². The topological polar surface area (TPSA) is 52.7 Å². The van der Waals surface area contributed by atoms with Gasteiger partial charge in [0.1, 0.15) is 0 Å². The molecule has 1 aromatic rings. The van der Waals surface area contributed by atoms with Gasteiger partial charge in [0.25, 0.3) is 10.2 Å². The van der Waals surface area contributed by atoms with Crippen molar-refractivity contribution in [1.82, 2.24) is 9.03 Å². The van der Waals surface area contributed by atoms with Gasteiger partial charge in [0.15, 0.2) is 0 Å². The standard InChI is InChI=1S/C12H18ClN3O2S/c1-10-4-3-5-11(13)12(10)15-6-8-16(9-7-15)19(17,18)14-2/h3-5,14H,6-9H2,1-2H3. The lowest BCUT2D eigenvalue weighted by Gasteiger charge is -2.36. The van der Waals surface area contributed by atoms with E-state index in [1.165, 1.54) is 11.4 Å². The van der Waals surface area contributed by atoms with Crippen molar-refractivity contribution in [3.63, 3.8) is 0 Å². The summed E-state index contributed by atoms with van der Waals surface area (Å²) in [6, 6.07) is 5.79. The number of nitrogens with zero attached hydrogens (tertiary/aromatic N) is 2. The van der Waals surface area contributed by atoms with Crippen LogP contribution in [-0.2, 0) is 10.2 Å². The Labute approximate surface area is 119 Å². The van der Waals surface area contributed by atoms with Crippen molar-refractivity contribution >= 4 is 27.5 Å². The Kier molecular flexibility index (Phi) is 4.35. The van der Waals surface area contributed by atoms with Gasteiger partial charge in [-0.2, -0.15) is 12.7 Å². The summed E-state index contributed by atoms with van der Waals surface area (Å²) in [7, 11) is -1.89. The number of aryl methyl sites for hydroxylation is 1. The molecule has 1 saturated heterocycles. The highest BCUT2D eigenvalue weighted by Crippen LogP contribution is 2.30. The molecule has 0 spiro atoms. The molecule has 19 heavy (non-hydrogen) atoms. The van der Waals surface area contributed by atoms with Crippen LogP contribution in [0, 0.1) is 6.92 Å². The maximum absolute atomic E-state index is 11.7. The highest BCUT2D eigenvalue weighted by molar-refractivity contribution is 7.87. The first-order valence-electron chi connectivity index (χ1n) is 6.14. The van der Waals surface area contributed by atoms with Gasteiger partial charge < -0.3 is 4.90 Å². The molecular weight excluding hydrogens is 286 g/mol. The van der Waals surface area contributed by atoms with Crippen LogP contribution in [0.5, 0.6) is 0 Å². The summed E-state index contributed by atoms with van der Waals surface area (Å²) in [6.07, 6.45) is 0. The predicted molar refractivity (Wildman–Crippen MR) is 78.0 cm³/mol. The molecule has 1 aliphatic heterocycles. The normalized spacial score (nSPS) is 17.7. The van der Waals surface area contributed by atoms with Crippen LogP contribution in [0.15, 0.2) is 18.2 Å². The smallest absolute Gasteiger partial charge is 0.279 e. The lowest BCUT2D eigenvalue weighted by atomic mass is 10.1. The molecule has 0 unspecified atom stereocenters. The van der Waals surface area contributed by atoms with E-state index in [1.54, 1.807) is 0 Å². The van der Waals surface area contributed by atoms with E-state index in [1.807, 2.05) is 25.1 Å². The predicted octanol–water partition coefficient (Wildman–Crippen LogP) is 1.23. The summed E-state index contributed by atoms with van der Waals surface area (Å²) in [4.78, 5) is 2.14. The Bertz CT molecular complexity index is 534. The van der Waals surface area contributed by atoms with E-state index in [4.69, 9.17) is 11.6 Å². The van der Waals surface area contributed by atoms with Crippen LogP contribution in [0.3, 0.4) is 0 Å². The Morgan fingerprint density at radius 2 is 1.84 bits per heavy atom. The minimum atomic E-state index is -3.32. The van der Waals surface area contributed by atoms with Gasteiger partial charge in [0.2, 0.25) is 0 Å². The first-order chi connectivity index (χ1) is 8.95. The van der Waals surface area contributed by atoms with E-state index in [0.717, 1.165) is 11.3 Å². The summed E-state index contributed by atoms with van der Waals surface area (Å²) in [5, 5.41) is 0.713. The van der Waals surface area contributed by atoms with Crippen molar-refractivity contribution < 1.29 is 8.42 Å². The average molecular weight is 304 g/mol. The number of nitrogens with one attached hydrogen (secondary N) is 1. The first-order valence-corrected chi connectivity index (χ1v) is 7.96. The fraction of sp³-hybridized carbons (Fsp3) is 0.500. The van der Waals surface area contributed by atoms with Gasteiger partial charge in [-0.25, -0.2) is 4.72 Å². The van der Waals surface area contributed by atoms with Gasteiger partial charge in [-0.1, -0.05) is 23.7 Å². The van der Waals surface area contributed by atoms with Crippen molar-refractivity contribution in [2.24, 2.45) is 0 Å². The van der Waals surface area contributed by atoms with Crippen molar-refractivity contribution in [2.75, 3.05) is 38.1 Å². The lowest BCUT2D eigenvalue weighted by molar-refractivity contribution is 0.380. The fourth-order valence-corrected chi connectivity index (χ4v) is 3.55. The number of hydrogen-bond acceptors (Lipinski definition) is 3. The van der Waals surface area contributed by atoms with Crippen molar-refractivity contribution in [1.29, 1.82) is 0 Å². The lowest BCUT2D eigenvalue weighted by Crippen LogP contribution is -2.51. The van der Waals surface area contributed by atoms with Crippen molar-refractivity contribution in [3.05, 3.63) is 28.8 Å². The van der Waals surface area contributed by atoms with Gasteiger partial charge in [0, 0.05) is 33.2 Å². The zero-order valence-corrected chi connectivity index (χ0v) is 12.6. The SMILES string of the molecule is CNS(=O)(=O)N1CCN(c2c(C)cccc2Cl)CC1. The monoisotopic (exact) mass is 303 g/mol. The Morgan fingerprint density at radius 3 is 2.37 bits per heavy atom. The number of halogens is 1. The molecular formula is C12H18ClN3O2S. The molecule has 7 heteroatoms. The third-order valence-electron chi connectivity index (χ3n) is 3.34. The summed E-state index contributed by atoms with van der Waals surface area (Å²) >= 11 is 6.23. The van der Waals surface area contributed by atoms with Crippen LogP contribution in [0.2, 0.25) is 5.02 Å². The van der Waals surface area contributed by atoms with Gasteiger partial charge in [-0.05, 0) is 18.6 Å². The largest absolute Gasteiger partial charge is 0.367 e. The minimum absolute atomic E-state index is 0.466. The minimum Gasteiger partial charge on any atom is -0.367 e. The van der Waals surface area contributed by atoms with Crippen molar-refractivity contribution in [2.45, 2.75) is 6.92 Å². The maximum atomic E-state index is 11.7. The highest BCUT2D eigenvalue weighted by atomic mass is 35.5. The third kappa shape index (κ3) is 3.02. The fourth-order valence-electron chi connectivity index (χ4n) is 2.30. The van der Waals surface area contributed by atoms with Gasteiger partial charge in [-0.15, -0.1) is 0 Å². The van der Waals surface area contributed by atoms with E-state index < -0.39 is 10.2 Å². The molecule has 0 aromatic heterocycles. The van der Waals surface area contributed by atoms with E-state index in [0.29, 0.717) is 31.2 Å². The molecule has 0 saturated carbocycles. The highest BCUT2D eigenvalue weighted by Gasteiger charge is 2.26. The van der Waals surface area contributed by atoms with E-state index in [-0.39, 0.29) is 0 Å². The average Bonchev–Trinajstić information content (AvgIpc) is 2.39. The second-order valence-electron chi connectivity index (χ2n) is 4.50.